The van der Waals surface area contributed by atoms with E-state index in [9.17, 15) is 4.79 Å². The van der Waals surface area contributed by atoms with Crippen LogP contribution >= 0.6 is 11.3 Å². The minimum Gasteiger partial charge on any atom is -0.466 e. The minimum atomic E-state index is -0.169. The Bertz CT molecular complexity index is 326. The Kier molecular flexibility index (Phi) is 4.40. The third-order valence-electron chi connectivity index (χ3n) is 1.62. The van der Waals surface area contributed by atoms with E-state index in [0.29, 0.717) is 13.0 Å². The molecule has 0 atom stereocenters. The predicted octanol–water partition coefficient (Wildman–Crippen LogP) is 3.02. The van der Waals surface area contributed by atoms with E-state index in [1.165, 1.54) is 10.4 Å². The zero-order valence-corrected chi connectivity index (χ0v) is 9.26. The van der Waals surface area contributed by atoms with Gasteiger partial charge < -0.3 is 4.74 Å². The first-order valence-electron chi connectivity index (χ1n) is 4.59. The van der Waals surface area contributed by atoms with E-state index < -0.39 is 0 Å². The van der Waals surface area contributed by atoms with Gasteiger partial charge in [-0.1, -0.05) is 6.08 Å². The predicted molar refractivity (Wildman–Crippen MR) is 59.3 cm³/mol. The summed E-state index contributed by atoms with van der Waals surface area (Å²) in [6.45, 7) is 4.31. The van der Waals surface area contributed by atoms with E-state index in [1.54, 1.807) is 11.3 Å². The Balaban J connectivity index is 2.37. The number of esters is 1. The lowest BCUT2D eigenvalue weighted by Crippen LogP contribution is -2.01. The van der Waals surface area contributed by atoms with Crippen LogP contribution in [0.2, 0.25) is 0 Å². The fraction of sp³-hybridized carbons (Fsp3) is 0.364. The lowest BCUT2D eigenvalue weighted by atomic mass is 10.3. The highest BCUT2D eigenvalue weighted by Crippen LogP contribution is 2.15. The first-order chi connectivity index (χ1) is 6.72. The highest BCUT2D eigenvalue weighted by molar-refractivity contribution is 7.11. The van der Waals surface area contributed by atoms with Gasteiger partial charge in [0, 0.05) is 4.88 Å². The molecule has 76 valence electrons. The number of thiophene rings is 1. The van der Waals surface area contributed by atoms with Gasteiger partial charge in [-0.3, -0.25) is 4.79 Å². The molecule has 0 unspecified atom stereocenters. The van der Waals surface area contributed by atoms with Gasteiger partial charge in [0.25, 0.3) is 0 Å². The van der Waals surface area contributed by atoms with Crippen molar-refractivity contribution in [3.05, 3.63) is 28.0 Å². The molecule has 0 fully saturated rings. The van der Waals surface area contributed by atoms with Gasteiger partial charge in [0.05, 0.1) is 13.0 Å². The summed E-state index contributed by atoms with van der Waals surface area (Å²) in [5.41, 5.74) is 1.26. The summed E-state index contributed by atoms with van der Waals surface area (Å²) >= 11 is 1.68. The molecule has 0 spiro atoms. The topological polar surface area (TPSA) is 26.3 Å². The zero-order chi connectivity index (χ0) is 10.4. The van der Waals surface area contributed by atoms with Crippen LogP contribution in [0.5, 0.6) is 0 Å². The summed E-state index contributed by atoms with van der Waals surface area (Å²) in [6, 6.07) is 2.09. The Morgan fingerprint density at radius 2 is 2.43 bits per heavy atom. The lowest BCUT2D eigenvalue weighted by Gasteiger charge is -1.95. The standard InChI is InChI=1S/C11H14O2S/c1-3-13-11(12)6-4-5-10-7-9(2)8-14-10/h4-5,7-8H,3,6H2,1-2H3/b5-4-. The lowest BCUT2D eigenvalue weighted by molar-refractivity contribution is -0.142. The third kappa shape index (κ3) is 3.75. The average molecular weight is 210 g/mol. The fourth-order valence-corrected chi connectivity index (χ4v) is 1.85. The molecule has 3 heteroatoms. The maximum absolute atomic E-state index is 11.0. The SMILES string of the molecule is CCOC(=O)C/C=C\c1cc(C)cs1. The molecule has 1 aromatic heterocycles. The van der Waals surface area contributed by atoms with E-state index in [1.807, 2.05) is 19.1 Å². The molecule has 0 aliphatic rings. The molecule has 1 heterocycles. The van der Waals surface area contributed by atoms with Gasteiger partial charge in [-0.2, -0.15) is 0 Å². The van der Waals surface area contributed by atoms with Gasteiger partial charge in [-0.05, 0) is 36.9 Å². The van der Waals surface area contributed by atoms with Gasteiger partial charge in [-0.25, -0.2) is 0 Å². The Morgan fingerprint density at radius 1 is 1.64 bits per heavy atom. The molecule has 2 nitrogen and oxygen atoms in total. The number of carbonyl (C=O) groups is 1. The first kappa shape index (κ1) is 11.0. The largest absolute Gasteiger partial charge is 0.466 e. The number of ether oxygens (including phenoxy) is 1. The van der Waals surface area contributed by atoms with Crippen LogP contribution in [0.1, 0.15) is 23.8 Å². The second kappa shape index (κ2) is 5.60. The number of rotatable bonds is 4. The Hall–Kier alpha value is -1.09. The summed E-state index contributed by atoms with van der Waals surface area (Å²) in [6.07, 6.45) is 4.14. The molecule has 0 aliphatic carbocycles. The van der Waals surface area contributed by atoms with Crippen LogP contribution in [0.25, 0.3) is 6.08 Å². The van der Waals surface area contributed by atoms with E-state index >= 15 is 0 Å². The van der Waals surface area contributed by atoms with Crippen LogP contribution in [0, 0.1) is 6.92 Å². The molecular weight excluding hydrogens is 196 g/mol. The number of aryl methyl sites for hydroxylation is 1. The average Bonchev–Trinajstić information content (AvgIpc) is 2.52. The van der Waals surface area contributed by atoms with Gasteiger partial charge in [0.1, 0.15) is 0 Å². The summed E-state index contributed by atoms with van der Waals surface area (Å²) < 4.78 is 4.80. The van der Waals surface area contributed by atoms with E-state index in [-0.39, 0.29) is 5.97 Å². The summed E-state index contributed by atoms with van der Waals surface area (Å²) in [5, 5.41) is 2.09. The monoisotopic (exact) mass is 210 g/mol. The van der Waals surface area contributed by atoms with Crippen LogP contribution in [0.15, 0.2) is 17.5 Å². The molecule has 0 saturated heterocycles. The number of carbonyl (C=O) groups excluding carboxylic acids is 1. The van der Waals surface area contributed by atoms with Gasteiger partial charge in [-0.15, -0.1) is 11.3 Å². The second-order valence-corrected chi connectivity index (χ2v) is 3.88. The zero-order valence-electron chi connectivity index (χ0n) is 8.45. The quantitative estimate of drug-likeness (QED) is 0.714. The smallest absolute Gasteiger partial charge is 0.309 e. The van der Waals surface area contributed by atoms with Crippen LogP contribution in [-0.4, -0.2) is 12.6 Å². The number of hydrogen-bond donors (Lipinski definition) is 0. The van der Waals surface area contributed by atoms with Crippen molar-refractivity contribution in [3.63, 3.8) is 0 Å². The van der Waals surface area contributed by atoms with E-state index in [2.05, 4.69) is 18.4 Å². The van der Waals surface area contributed by atoms with Crippen molar-refractivity contribution in [1.29, 1.82) is 0 Å². The summed E-state index contributed by atoms with van der Waals surface area (Å²) in [5.74, 6) is -0.169. The molecule has 0 aliphatic heterocycles. The molecule has 0 bridgehead atoms. The highest BCUT2D eigenvalue weighted by Gasteiger charge is 1.96. The molecule has 0 N–H and O–H groups in total. The number of hydrogen-bond acceptors (Lipinski definition) is 3. The van der Waals surface area contributed by atoms with Crippen LogP contribution in [-0.2, 0) is 9.53 Å². The normalized spacial score (nSPS) is 10.7. The summed E-state index contributed by atoms with van der Waals surface area (Å²) in [4.78, 5) is 12.1. The van der Waals surface area contributed by atoms with Crippen molar-refractivity contribution in [3.8, 4) is 0 Å². The molecule has 14 heavy (non-hydrogen) atoms. The molecule has 1 rings (SSSR count). The minimum absolute atomic E-state index is 0.169. The highest BCUT2D eigenvalue weighted by atomic mass is 32.1. The van der Waals surface area contributed by atoms with Crippen molar-refractivity contribution in [2.24, 2.45) is 0 Å². The van der Waals surface area contributed by atoms with Gasteiger partial charge in [0.2, 0.25) is 0 Å². The van der Waals surface area contributed by atoms with Gasteiger partial charge >= 0.3 is 5.97 Å². The van der Waals surface area contributed by atoms with Gasteiger partial charge in [0.15, 0.2) is 0 Å². The second-order valence-electron chi connectivity index (χ2n) is 2.94. The molecule has 0 saturated carbocycles. The Labute approximate surface area is 88.2 Å². The summed E-state index contributed by atoms with van der Waals surface area (Å²) in [7, 11) is 0. The molecule has 0 radical (unpaired) electrons. The van der Waals surface area contributed by atoms with Crippen molar-refractivity contribution in [2.45, 2.75) is 20.3 Å². The van der Waals surface area contributed by atoms with Crippen molar-refractivity contribution < 1.29 is 9.53 Å². The third-order valence-corrected chi connectivity index (χ3v) is 2.64. The van der Waals surface area contributed by atoms with Crippen molar-refractivity contribution in [1.82, 2.24) is 0 Å². The molecular formula is C11H14O2S. The first-order valence-corrected chi connectivity index (χ1v) is 5.47. The maximum atomic E-state index is 11.0. The van der Waals surface area contributed by atoms with Crippen LogP contribution < -0.4 is 0 Å². The van der Waals surface area contributed by atoms with E-state index in [0.717, 1.165) is 0 Å². The molecule has 0 amide bonds. The van der Waals surface area contributed by atoms with Crippen molar-refractivity contribution in [2.75, 3.05) is 6.61 Å². The fourth-order valence-electron chi connectivity index (χ4n) is 1.03. The molecule has 1 aromatic rings. The maximum Gasteiger partial charge on any atom is 0.309 e. The van der Waals surface area contributed by atoms with Crippen LogP contribution in [0.3, 0.4) is 0 Å². The van der Waals surface area contributed by atoms with Crippen LogP contribution in [0.4, 0.5) is 0 Å². The van der Waals surface area contributed by atoms with E-state index in [4.69, 9.17) is 4.74 Å². The Morgan fingerprint density at radius 3 is 3.00 bits per heavy atom. The van der Waals surface area contributed by atoms with Crippen molar-refractivity contribution >= 4 is 23.4 Å². The molecule has 0 aromatic carbocycles.